The maximum absolute atomic E-state index is 8.86. The number of fused-ring (bicyclic) bond motifs is 3. The van der Waals surface area contributed by atoms with E-state index in [-0.39, 0.29) is 0 Å². The molecule has 4 rings (SSSR count). The summed E-state index contributed by atoms with van der Waals surface area (Å²) in [6.07, 6.45) is 1.99. The minimum absolute atomic E-state index is 0.601. The van der Waals surface area contributed by atoms with Gasteiger partial charge in [0.1, 0.15) is 4.83 Å². The van der Waals surface area contributed by atoms with Crippen LogP contribution in [0.5, 0.6) is 5.88 Å². The Kier molecular flexibility index (Phi) is 2.81. The van der Waals surface area contributed by atoms with Gasteiger partial charge in [0.2, 0.25) is 5.88 Å². The Hall–Kier alpha value is -2.91. The average Bonchev–Trinajstić information content (AvgIpc) is 3.11. The van der Waals surface area contributed by atoms with E-state index in [4.69, 9.17) is 10.00 Å². The van der Waals surface area contributed by atoms with Gasteiger partial charge in [-0.25, -0.2) is 9.97 Å². The highest BCUT2D eigenvalue weighted by Gasteiger charge is 2.11. The number of hydrogen-bond donors (Lipinski definition) is 0. The molecule has 0 aliphatic carbocycles. The van der Waals surface area contributed by atoms with Gasteiger partial charge in [0.25, 0.3) is 0 Å². The fourth-order valence-electron chi connectivity index (χ4n) is 2.34. The summed E-state index contributed by atoms with van der Waals surface area (Å²) in [5, 5.41) is 8.86. The molecule has 106 valence electrons. The number of methoxy groups -OCH3 is 1. The first-order valence-electron chi connectivity index (χ1n) is 6.61. The first-order chi connectivity index (χ1) is 10.8. The molecular weight excluding hydrogens is 296 g/mol. The van der Waals surface area contributed by atoms with Crippen molar-refractivity contribution in [3.63, 3.8) is 0 Å². The van der Waals surface area contributed by atoms with Gasteiger partial charge in [-0.2, -0.15) is 5.26 Å². The van der Waals surface area contributed by atoms with Gasteiger partial charge in [-0.3, -0.25) is 4.40 Å². The van der Waals surface area contributed by atoms with Crippen molar-refractivity contribution in [2.24, 2.45) is 0 Å². The second-order valence-electron chi connectivity index (χ2n) is 4.75. The predicted molar refractivity (Wildman–Crippen MR) is 85.1 cm³/mol. The molecule has 0 saturated heterocycles. The van der Waals surface area contributed by atoms with Gasteiger partial charge in [0.05, 0.1) is 30.0 Å². The van der Waals surface area contributed by atoms with E-state index < -0.39 is 0 Å². The summed E-state index contributed by atoms with van der Waals surface area (Å²) >= 11 is 1.52. The Balaban J connectivity index is 1.85. The number of nitrogens with zero attached hydrogens (tertiary/aromatic N) is 4. The Labute approximate surface area is 130 Å². The van der Waals surface area contributed by atoms with Crippen molar-refractivity contribution in [1.29, 1.82) is 5.26 Å². The summed E-state index contributed by atoms with van der Waals surface area (Å²) in [5.74, 6) is 0.601. The molecule has 0 aliphatic heterocycles. The standard InChI is InChI=1S/C16H10N4OS/c1-21-14-7-6-13-15(19-14)22-16-18-12(9-20(13)16)11-4-2-10(8-17)3-5-11/h2-7,9H,1H3. The smallest absolute Gasteiger partial charge is 0.214 e. The van der Waals surface area contributed by atoms with Crippen LogP contribution in [-0.4, -0.2) is 21.5 Å². The van der Waals surface area contributed by atoms with Crippen molar-refractivity contribution in [1.82, 2.24) is 14.4 Å². The SMILES string of the molecule is COc1ccc2c(n1)sc1nc(-c3ccc(C#N)cc3)cn12. The zero-order valence-electron chi connectivity index (χ0n) is 11.6. The molecule has 0 aliphatic rings. The van der Waals surface area contributed by atoms with E-state index >= 15 is 0 Å². The molecule has 22 heavy (non-hydrogen) atoms. The average molecular weight is 306 g/mol. The zero-order valence-corrected chi connectivity index (χ0v) is 12.5. The van der Waals surface area contributed by atoms with Gasteiger partial charge in [0.15, 0.2) is 4.96 Å². The number of aromatic nitrogens is 3. The minimum atomic E-state index is 0.601. The predicted octanol–water partition coefficient (Wildman–Crippen LogP) is 3.49. The molecule has 3 heterocycles. The molecular formula is C16H10N4OS. The van der Waals surface area contributed by atoms with Crippen LogP contribution < -0.4 is 4.74 Å². The minimum Gasteiger partial charge on any atom is -0.481 e. The van der Waals surface area contributed by atoms with E-state index in [2.05, 4.69) is 16.0 Å². The van der Waals surface area contributed by atoms with Crippen LogP contribution in [0.3, 0.4) is 0 Å². The van der Waals surface area contributed by atoms with Gasteiger partial charge in [0, 0.05) is 17.8 Å². The van der Waals surface area contributed by atoms with E-state index in [1.807, 2.05) is 34.9 Å². The van der Waals surface area contributed by atoms with Crippen molar-refractivity contribution in [2.45, 2.75) is 0 Å². The number of imidazole rings is 1. The summed E-state index contributed by atoms with van der Waals surface area (Å²) < 4.78 is 7.18. The van der Waals surface area contributed by atoms with Gasteiger partial charge < -0.3 is 4.74 Å². The molecule has 6 heteroatoms. The zero-order chi connectivity index (χ0) is 15.1. The highest BCUT2D eigenvalue weighted by molar-refractivity contribution is 7.23. The highest BCUT2D eigenvalue weighted by atomic mass is 32.1. The second-order valence-corrected chi connectivity index (χ2v) is 5.70. The van der Waals surface area contributed by atoms with Crippen LogP contribution in [-0.2, 0) is 0 Å². The summed E-state index contributed by atoms with van der Waals surface area (Å²) in [5.41, 5.74) is 3.53. The Morgan fingerprint density at radius 3 is 2.68 bits per heavy atom. The number of hydrogen-bond acceptors (Lipinski definition) is 5. The fraction of sp³-hybridized carbons (Fsp3) is 0.0625. The van der Waals surface area contributed by atoms with Crippen LogP contribution in [0.4, 0.5) is 0 Å². The molecule has 0 unspecified atom stereocenters. The molecule has 4 aromatic rings. The molecule has 3 aromatic heterocycles. The molecule has 1 aromatic carbocycles. The number of ether oxygens (including phenoxy) is 1. The number of pyridine rings is 1. The van der Waals surface area contributed by atoms with E-state index in [0.29, 0.717) is 11.4 Å². The van der Waals surface area contributed by atoms with Crippen LogP contribution in [0.2, 0.25) is 0 Å². The van der Waals surface area contributed by atoms with E-state index in [1.54, 1.807) is 19.2 Å². The van der Waals surface area contributed by atoms with Crippen LogP contribution >= 0.6 is 11.3 Å². The molecule has 0 N–H and O–H groups in total. The Morgan fingerprint density at radius 1 is 1.14 bits per heavy atom. The number of benzene rings is 1. The lowest BCUT2D eigenvalue weighted by Crippen LogP contribution is -1.86. The highest BCUT2D eigenvalue weighted by Crippen LogP contribution is 2.29. The van der Waals surface area contributed by atoms with Crippen LogP contribution in [0.15, 0.2) is 42.6 Å². The third-order valence-electron chi connectivity index (χ3n) is 3.45. The quantitative estimate of drug-likeness (QED) is 0.568. The van der Waals surface area contributed by atoms with E-state index in [9.17, 15) is 0 Å². The number of thiazole rings is 1. The maximum atomic E-state index is 8.86. The van der Waals surface area contributed by atoms with Crippen molar-refractivity contribution < 1.29 is 4.74 Å². The maximum Gasteiger partial charge on any atom is 0.214 e. The van der Waals surface area contributed by atoms with Gasteiger partial charge in [-0.1, -0.05) is 23.5 Å². The summed E-state index contributed by atoms with van der Waals surface area (Å²) in [7, 11) is 1.61. The number of nitriles is 1. The fourth-order valence-corrected chi connectivity index (χ4v) is 3.31. The van der Waals surface area contributed by atoms with E-state index in [1.165, 1.54) is 11.3 Å². The topological polar surface area (TPSA) is 63.2 Å². The third-order valence-corrected chi connectivity index (χ3v) is 4.42. The summed E-state index contributed by atoms with van der Waals surface area (Å²) in [6.45, 7) is 0. The van der Waals surface area contributed by atoms with Crippen LogP contribution in [0, 0.1) is 11.3 Å². The molecule has 0 radical (unpaired) electrons. The second kappa shape index (κ2) is 4.83. The molecule has 0 amide bonds. The van der Waals surface area contributed by atoms with Crippen LogP contribution in [0.1, 0.15) is 5.56 Å². The lowest BCUT2D eigenvalue weighted by Gasteiger charge is -1.97. The van der Waals surface area contributed by atoms with Gasteiger partial charge >= 0.3 is 0 Å². The Morgan fingerprint density at radius 2 is 1.95 bits per heavy atom. The summed E-state index contributed by atoms with van der Waals surface area (Å²) in [6, 6.07) is 13.4. The summed E-state index contributed by atoms with van der Waals surface area (Å²) in [4.78, 5) is 10.9. The van der Waals surface area contributed by atoms with Gasteiger partial charge in [-0.05, 0) is 18.2 Å². The lowest BCUT2D eigenvalue weighted by atomic mass is 10.1. The molecule has 0 spiro atoms. The van der Waals surface area contributed by atoms with Crippen molar-refractivity contribution >= 4 is 26.6 Å². The first-order valence-corrected chi connectivity index (χ1v) is 7.43. The third kappa shape index (κ3) is 1.91. The monoisotopic (exact) mass is 306 g/mol. The number of rotatable bonds is 2. The van der Waals surface area contributed by atoms with E-state index in [0.717, 1.165) is 26.6 Å². The largest absolute Gasteiger partial charge is 0.481 e. The van der Waals surface area contributed by atoms with Crippen LogP contribution in [0.25, 0.3) is 26.6 Å². The molecule has 0 bridgehead atoms. The van der Waals surface area contributed by atoms with Crippen molar-refractivity contribution in [2.75, 3.05) is 7.11 Å². The molecule has 0 saturated carbocycles. The lowest BCUT2D eigenvalue weighted by molar-refractivity contribution is 0.400. The normalized spacial score (nSPS) is 10.9. The Bertz CT molecular complexity index is 1020. The molecule has 0 fully saturated rings. The van der Waals surface area contributed by atoms with Gasteiger partial charge in [-0.15, -0.1) is 0 Å². The first kappa shape index (κ1) is 12.8. The molecule has 0 atom stereocenters. The van der Waals surface area contributed by atoms with Crippen molar-refractivity contribution in [3.8, 4) is 23.2 Å². The molecule has 5 nitrogen and oxygen atoms in total. The van der Waals surface area contributed by atoms with Crippen molar-refractivity contribution in [3.05, 3.63) is 48.2 Å².